The Labute approximate surface area is 138 Å². The van der Waals surface area contributed by atoms with Crippen molar-refractivity contribution >= 4 is 10.0 Å². The van der Waals surface area contributed by atoms with Crippen molar-refractivity contribution in [2.75, 3.05) is 0 Å². The lowest BCUT2D eigenvalue weighted by Crippen LogP contribution is -2.24. The predicted octanol–water partition coefficient (Wildman–Crippen LogP) is 2.13. The van der Waals surface area contributed by atoms with E-state index in [1.54, 1.807) is 6.92 Å². The molecule has 0 saturated heterocycles. The summed E-state index contributed by atoms with van der Waals surface area (Å²) < 4.78 is 37.4. The smallest absolute Gasteiger partial charge is 0.247 e. The molecule has 0 spiro atoms. The summed E-state index contributed by atoms with van der Waals surface area (Å²) in [7, 11) is -3.77. The molecule has 8 nitrogen and oxygen atoms in total. The maximum absolute atomic E-state index is 12.3. The molecular formula is C15H16N4O4S. The molecule has 0 radical (unpaired) electrons. The lowest BCUT2D eigenvalue weighted by atomic mass is 10.1. The van der Waals surface area contributed by atoms with Crippen LogP contribution in [0.15, 0.2) is 38.1 Å². The summed E-state index contributed by atoms with van der Waals surface area (Å²) in [6.07, 6.45) is 0. The lowest BCUT2D eigenvalue weighted by molar-refractivity contribution is 0.390. The summed E-state index contributed by atoms with van der Waals surface area (Å²) in [5, 5.41) is 11.4. The first-order valence-corrected chi connectivity index (χ1v) is 8.67. The van der Waals surface area contributed by atoms with Gasteiger partial charge in [-0.15, -0.1) is 10.2 Å². The van der Waals surface area contributed by atoms with Crippen LogP contribution >= 0.6 is 0 Å². The van der Waals surface area contributed by atoms with Gasteiger partial charge in [0, 0.05) is 5.56 Å². The summed E-state index contributed by atoms with van der Waals surface area (Å²) in [6, 6.07) is 7.58. The third-order valence-corrected chi connectivity index (χ3v) is 5.06. The SMILES string of the molecule is Cc1ccc(-c2nnc(CNS(=O)(=O)c3c(C)noc3C)o2)cc1. The second-order valence-electron chi connectivity index (χ2n) is 5.34. The van der Waals surface area contributed by atoms with E-state index in [9.17, 15) is 8.42 Å². The molecule has 0 amide bonds. The van der Waals surface area contributed by atoms with Crippen molar-refractivity contribution in [1.82, 2.24) is 20.1 Å². The van der Waals surface area contributed by atoms with Crippen LogP contribution in [0.25, 0.3) is 11.5 Å². The van der Waals surface area contributed by atoms with Crippen molar-refractivity contribution in [2.45, 2.75) is 32.2 Å². The van der Waals surface area contributed by atoms with Gasteiger partial charge in [0.15, 0.2) is 5.76 Å². The number of sulfonamides is 1. The monoisotopic (exact) mass is 348 g/mol. The summed E-state index contributed by atoms with van der Waals surface area (Å²) in [4.78, 5) is 0.0285. The van der Waals surface area contributed by atoms with E-state index in [2.05, 4.69) is 20.1 Å². The zero-order chi connectivity index (χ0) is 17.3. The number of hydrogen-bond acceptors (Lipinski definition) is 7. The van der Waals surface area contributed by atoms with Crippen LogP contribution in [0.1, 0.15) is 22.9 Å². The molecule has 9 heteroatoms. The second-order valence-corrected chi connectivity index (χ2v) is 7.05. The first kappa shape index (κ1) is 16.3. The highest BCUT2D eigenvalue weighted by atomic mass is 32.2. The van der Waals surface area contributed by atoms with Gasteiger partial charge in [-0.3, -0.25) is 0 Å². The molecule has 24 heavy (non-hydrogen) atoms. The van der Waals surface area contributed by atoms with Gasteiger partial charge in [-0.2, -0.15) is 0 Å². The van der Waals surface area contributed by atoms with Crippen molar-refractivity contribution in [3.05, 3.63) is 47.2 Å². The van der Waals surface area contributed by atoms with Crippen molar-refractivity contribution < 1.29 is 17.4 Å². The Morgan fingerprint density at radius 3 is 2.42 bits per heavy atom. The third-order valence-electron chi connectivity index (χ3n) is 3.42. The molecule has 0 aliphatic carbocycles. The Morgan fingerprint density at radius 2 is 1.79 bits per heavy atom. The highest BCUT2D eigenvalue weighted by Gasteiger charge is 2.24. The average molecular weight is 348 g/mol. The molecule has 1 N–H and O–H groups in total. The number of aryl methyl sites for hydroxylation is 3. The molecule has 0 aliphatic heterocycles. The normalized spacial score (nSPS) is 11.8. The van der Waals surface area contributed by atoms with Gasteiger partial charge in [0.2, 0.25) is 21.8 Å². The second kappa shape index (κ2) is 6.17. The molecule has 126 valence electrons. The van der Waals surface area contributed by atoms with Gasteiger partial charge in [-0.1, -0.05) is 22.9 Å². The molecule has 2 heterocycles. The zero-order valence-corrected chi connectivity index (χ0v) is 14.2. The molecule has 2 aromatic heterocycles. The van der Waals surface area contributed by atoms with Crippen LogP contribution in [0.2, 0.25) is 0 Å². The van der Waals surface area contributed by atoms with E-state index in [4.69, 9.17) is 8.94 Å². The van der Waals surface area contributed by atoms with E-state index in [0.717, 1.165) is 11.1 Å². The van der Waals surface area contributed by atoms with Crippen LogP contribution in [-0.4, -0.2) is 23.8 Å². The first-order chi connectivity index (χ1) is 11.4. The third kappa shape index (κ3) is 3.22. The van der Waals surface area contributed by atoms with Crippen LogP contribution < -0.4 is 4.72 Å². The highest BCUT2D eigenvalue weighted by Crippen LogP contribution is 2.20. The molecule has 0 unspecified atom stereocenters. The number of benzene rings is 1. The Morgan fingerprint density at radius 1 is 1.08 bits per heavy atom. The predicted molar refractivity (Wildman–Crippen MR) is 84.5 cm³/mol. The molecule has 0 saturated carbocycles. The number of nitrogens with one attached hydrogen (secondary N) is 1. The van der Waals surface area contributed by atoms with E-state index in [1.807, 2.05) is 31.2 Å². The van der Waals surface area contributed by atoms with Gasteiger partial charge in [-0.25, -0.2) is 13.1 Å². The minimum atomic E-state index is -3.77. The minimum absolute atomic E-state index is 0.0285. The van der Waals surface area contributed by atoms with Crippen molar-refractivity contribution in [3.8, 4) is 11.5 Å². The Balaban J connectivity index is 1.75. The van der Waals surface area contributed by atoms with Crippen molar-refractivity contribution in [1.29, 1.82) is 0 Å². The van der Waals surface area contributed by atoms with Crippen molar-refractivity contribution in [3.63, 3.8) is 0 Å². The topological polar surface area (TPSA) is 111 Å². The maximum Gasteiger partial charge on any atom is 0.247 e. The fraction of sp³-hybridized carbons (Fsp3) is 0.267. The standard InChI is InChI=1S/C15H16N4O4S/c1-9-4-6-12(7-5-9)15-18-17-13(22-15)8-16-24(20,21)14-10(2)19-23-11(14)3/h4-7,16H,8H2,1-3H3. The van der Waals surface area contributed by atoms with Crippen molar-refractivity contribution in [2.24, 2.45) is 0 Å². The van der Waals surface area contributed by atoms with Crippen LogP contribution in [0.4, 0.5) is 0 Å². The van der Waals surface area contributed by atoms with Gasteiger partial charge >= 0.3 is 0 Å². The van der Waals surface area contributed by atoms with E-state index in [0.29, 0.717) is 11.6 Å². The van der Waals surface area contributed by atoms with Gasteiger partial charge < -0.3 is 8.94 Å². The molecule has 0 bridgehead atoms. The zero-order valence-electron chi connectivity index (χ0n) is 13.4. The molecule has 0 fully saturated rings. The molecule has 3 rings (SSSR count). The van der Waals surface area contributed by atoms with Gasteiger partial charge in [-0.05, 0) is 32.9 Å². The molecule has 1 aromatic carbocycles. The lowest BCUT2D eigenvalue weighted by Gasteiger charge is -2.03. The maximum atomic E-state index is 12.3. The molecule has 0 atom stereocenters. The first-order valence-electron chi connectivity index (χ1n) is 7.19. The van der Waals surface area contributed by atoms with Crippen LogP contribution in [0.5, 0.6) is 0 Å². The highest BCUT2D eigenvalue weighted by molar-refractivity contribution is 7.89. The molecular weight excluding hydrogens is 332 g/mol. The average Bonchev–Trinajstić information content (AvgIpc) is 3.13. The quantitative estimate of drug-likeness (QED) is 0.751. The fourth-order valence-corrected chi connectivity index (χ4v) is 3.52. The number of hydrogen-bond donors (Lipinski definition) is 1. The summed E-state index contributed by atoms with van der Waals surface area (Å²) in [5.74, 6) is 0.730. The van der Waals surface area contributed by atoms with E-state index >= 15 is 0 Å². The number of aromatic nitrogens is 3. The number of nitrogens with zero attached hydrogens (tertiary/aromatic N) is 3. The van der Waals surface area contributed by atoms with E-state index in [-0.39, 0.29) is 23.1 Å². The fourth-order valence-electron chi connectivity index (χ4n) is 2.23. The van der Waals surface area contributed by atoms with Gasteiger partial charge in [0.05, 0.1) is 6.54 Å². The summed E-state index contributed by atoms with van der Waals surface area (Å²) in [6.45, 7) is 4.96. The Hall–Kier alpha value is -2.52. The van der Waals surface area contributed by atoms with Gasteiger partial charge in [0.1, 0.15) is 10.6 Å². The molecule has 0 aliphatic rings. The van der Waals surface area contributed by atoms with E-state index in [1.165, 1.54) is 6.92 Å². The van der Waals surface area contributed by atoms with E-state index < -0.39 is 10.0 Å². The van der Waals surface area contributed by atoms with Crippen LogP contribution in [0, 0.1) is 20.8 Å². The Kier molecular flexibility index (Phi) is 4.20. The largest absolute Gasteiger partial charge is 0.419 e. The molecule has 3 aromatic rings. The minimum Gasteiger partial charge on any atom is -0.419 e. The van der Waals surface area contributed by atoms with Gasteiger partial charge in [0.25, 0.3) is 0 Å². The van der Waals surface area contributed by atoms with Crippen LogP contribution in [-0.2, 0) is 16.6 Å². The summed E-state index contributed by atoms with van der Waals surface area (Å²) >= 11 is 0. The van der Waals surface area contributed by atoms with Crippen LogP contribution in [0.3, 0.4) is 0 Å². The summed E-state index contributed by atoms with van der Waals surface area (Å²) in [5.41, 5.74) is 2.18. The number of rotatable bonds is 5. The Bertz CT molecular complexity index is 938.